The van der Waals surface area contributed by atoms with Crippen LogP contribution < -0.4 is 11.2 Å². The van der Waals surface area contributed by atoms with E-state index in [1.165, 1.54) is 4.57 Å². The minimum atomic E-state index is -1.37. The molecule has 25 heavy (non-hydrogen) atoms. The van der Waals surface area contributed by atoms with Gasteiger partial charge in [0.05, 0.1) is 23.0 Å². The van der Waals surface area contributed by atoms with Crippen molar-refractivity contribution >= 4 is 17.0 Å². The highest BCUT2D eigenvalue weighted by Crippen LogP contribution is 2.20. The van der Waals surface area contributed by atoms with Crippen LogP contribution in [0.4, 0.5) is 0 Å². The number of hydrogen-bond acceptors (Lipinski definition) is 4. The maximum Gasteiger partial charge on any atom is 0.342 e. The van der Waals surface area contributed by atoms with Crippen molar-refractivity contribution in [2.24, 2.45) is 0 Å². The smallest absolute Gasteiger partial charge is 0.342 e. The molecule has 0 atom stereocenters. The Balaban J connectivity index is 2.27. The van der Waals surface area contributed by atoms with Gasteiger partial charge in [-0.25, -0.2) is 14.6 Å². The van der Waals surface area contributed by atoms with Crippen LogP contribution in [-0.4, -0.2) is 29.8 Å². The average molecular weight is 342 g/mol. The highest BCUT2D eigenvalue weighted by Gasteiger charge is 2.17. The van der Waals surface area contributed by atoms with Gasteiger partial charge in [-0.3, -0.25) is 13.9 Å². The van der Waals surface area contributed by atoms with Crippen molar-refractivity contribution in [2.45, 2.75) is 33.4 Å². The molecule has 0 radical (unpaired) electrons. The van der Waals surface area contributed by atoms with Crippen LogP contribution in [0.25, 0.3) is 16.7 Å². The molecule has 1 N–H and O–H groups in total. The summed E-state index contributed by atoms with van der Waals surface area (Å²) in [6.45, 7) is 5.78. The van der Waals surface area contributed by atoms with E-state index < -0.39 is 22.8 Å². The first kappa shape index (κ1) is 16.7. The van der Waals surface area contributed by atoms with Crippen LogP contribution in [0.5, 0.6) is 0 Å². The first-order valence-corrected chi connectivity index (χ1v) is 7.92. The number of carboxylic acids is 1. The van der Waals surface area contributed by atoms with E-state index in [-0.39, 0.29) is 12.6 Å². The third-order valence-corrected chi connectivity index (χ3v) is 4.11. The third kappa shape index (κ3) is 2.65. The fraction of sp³-hybridized carbons (Fsp3) is 0.294. The summed E-state index contributed by atoms with van der Waals surface area (Å²) in [5.41, 5.74) is 0.213. The number of rotatable bonds is 4. The zero-order valence-corrected chi connectivity index (χ0v) is 14.1. The predicted octanol–water partition coefficient (Wildman–Crippen LogP) is 1.65. The Bertz CT molecular complexity index is 1090. The van der Waals surface area contributed by atoms with Gasteiger partial charge in [0.1, 0.15) is 5.56 Å². The molecule has 0 fully saturated rings. The van der Waals surface area contributed by atoms with E-state index in [4.69, 9.17) is 0 Å². The van der Waals surface area contributed by atoms with Crippen LogP contribution >= 0.6 is 0 Å². The summed E-state index contributed by atoms with van der Waals surface area (Å²) in [6, 6.07) is 5.47. The first-order valence-electron chi connectivity index (χ1n) is 7.92. The molecule has 0 amide bonds. The largest absolute Gasteiger partial charge is 0.477 e. The van der Waals surface area contributed by atoms with Crippen LogP contribution in [0.3, 0.4) is 0 Å². The van der Waals surface area contributed by atoms with E-state index >= 15 is 0 Å². The molecule has 0 bridgehead atoms. The van der Waals surface area contributed by atoms with E-state index in [9.17, 15) is 19.5 Å². The fourth-order valence-electron chi connectivity index (χ4n) is 2.79. The molecule has 3 rings (SSSR count). The fourth-order valence-corrected chi connectivity index (χ4v) is 2.79. The average Bonchev–Trinajstić information content (AvgIpc) is 2.98. The van der Waals surface area contributed by atoms with Gasteiger partial charge < -0.3 is 9.67 Å². The number of carbonyl (C=O) groups is 1. The van der Waals surface area contributed by atoms with Crippen LogP contribution in [0.2, 0.25) is 0 Å². The molecule has 3 aromatic rings. The summed E-state index contributed by atoms with van der Waals surface area (Å²) in [5.74, 6) is -1.37. The second-order valence-corrected chi connectivity index (χ2v) is 5.97. The standard InChI is InChI=1S/C17H18N4O4/c1-4-19-15(22)12(16(23)24)8-20(17(19)25)11-5-6-14-13(7-11)18-9-21(14)10(2)3/h5-10H,4H2,1-3H3,(H,23,24). The van der Waals surface area contributed by atoms with E-state index in [1.807, 2.05) is 24.5 Å². The number of aromatic carboxylic acids is 1. The van der Waals surface area contributed by atoms with Gasteiger partial charge in [0.2, 0.25) is 0 Å². The Morgan fingerprint density at radius 1 is 1.28 bits per heavy atom. The van der Waals surface area contributed by atoms with E-state index in [0.717, 1.165) is 16.3 Å². The third-order valence-electron chi connectivity index (χ3n) is 4.11. The molecule has 0 saturated carbocycles. The molecule has 1 aromatic carbocycles. The van der Waals surface area contributed by atoms with Crippen molar-refractivity contribution < 1.29 is 9.90 Å². The lowest BCUT2D eigenvalue weighted by Crippen LogP contribution is -2.41. The zero-order chi connectivity index (χ0) is 18.3. The second-order valence-electron chi connectivity index (χ2n) is 5.97. The maximum absolute atomic E-state index is 12.6. The lowest BCUT2D eigenvalue weighted by atomic mass is 10.2. The van der Waals surface area contributed by atoms with Crippen LogP contribution in [0.1, 0.15) is 37.2 Å². The molecule has 0 aliphatic rings. The maximum atomic E-state index is 12.6. The topological polar surface area (TPSA) is 99.1 Å². The van der Waals surface area contributed by atoms with Gasteiger partial charge >= 0.3 is 11.7 Å². The van der Waals surface area contributed by atoms with Gasteiger partial charge in [-0.2, -0.15) is 0 Å². The molecule has 8 nitrogen and oxygen atoms in total. The molecule has 2 heterocycles. The van der Waals surface area contributed by atoms with Crippen molar-refractivity contribution in [1.82, 2.24) is 18.7 Å². The summed E-state index contributed by atoms with van der Waals surface area (Å²) < 4.78 is 4.07. The number of imidazole rings is 1. The van der Waals surface area contributed by atoms with Crippen molar-refractivity contribution in [3.8, 4) is 5.69 Å². The molecular weight excluding hydrogens is 324 g/mol. The normalized spacial score (nSPS) is 11.4. The molecule has 8 heteroatoms. The minimum absolute atomic E-state index is 0.0863. The molecule has 0 aliphatic carbocycles. The Hall–Kier alpha value is -3.16. The van der Waals surface area contributed by atoms with Crippen LogP contribution in [-0.2, 0) is 6.54 Å². The molecule has 0 aliphatic heterocycles. The lowest BCUT2D eigenvalue weighted by molar-refractivity contribution is 0.0693. The Morgan fingerprint density at radius 3 is 2.60 bits per heavy atom. The highest BCUT2D eigenvalue weighted by atomic mass is 16.4. The summed E-state index contributed by atoms with van der Waals surface area (Å²) in [7, 11) is 0. The Labute approximate surface area is 142 Å². The van der Waals surface area contributed by atoms with E-state index in [1.54, 1.807) is 25.4 Å². The summed E-state index contributed by atoms with van der Waals surface area (Å²) >= 11 is 0. The number of aromatic nitrogens is 4. The Kier molecular flexibility index (Phi) is 4.03. The number of fused-ring (bicyclic) bond motifs is 1. The number of hydrogen-bond donors (Lipinski definition) is 1. The van der Waals surface area contributed by atoms with Gasteiger partial charge in [0, 0.05) is 18.8 Å². The quantitative estimate of drug-likeness (QED) is 0.777. The zero-order valence-electron chi connectivity index (χ0n) is 14.1. The second kappa shape index (κ2) is 6.04. The van der Waals surface area contributed by atoms with Crippen molar-refractivity contribution in [3.05, 3.63) is 57.1 Å². The molecule has 0 spiro atoms. The van der Waals surface area contributed by atoms with E-state index in [2.05, 4.69) is 4.98 Å². The number of benzene rings is 1. The number of carboxylic acid groups (broad SMARTS) is 1. The van der Waals surface area contributed by atoms with Gasteiger partial charge in [0.25, 0.3) is 5.56 Å². The number of nitrogens with zero attached hydrogens (tertiary/aromatic N) is 4. The van der Waals surface area contributed by atoms with Crippen molar-refractivity contribution in [2.75, 3.05) is 0 Å². The molecule has 130 valence electrons. The predicted molar refractivity (Wildman–Crippen MR) is 92.6 cm³/mol. The SMILES string of the molecule is CCn1c(=O)c(C(=O)O)cn(-c2ccc3c(c2)ncn3C(C)C)c1=O. The van der Waals surface area contributed by atoms with Crippen LogP contribution in [0.15, 0.2) is 40.3 Å². The molecule has 0 unspecified atom stereocenters. The monoisotopic (exact) mass is 342 g/mol. The molecule has 0 saturated heterocycles. The molecule has 2 aromatic heterocycles. The van der Waals surface area contributed by atoms with Gasteiger partial charge in [-0.15, -0.1) is 0 Å². The summed E-state index contributed by atoms with van der Waals surface area (Å²) in [6.07, 6.45) is 2.79. The van der Waals surface area contributed by atoms with Crippen molar-refractivity contribution in [3.63, 3.8) is 0 Å². The first-order chi connectivity index (χ1) is 11.8. The molecular formula is C17H18N4O4. The van der Waals surface area contributed by atoms with Crippen molar-refractivity contribution in [1.29, 1.82) is 0 Å². The van der Waals surface area contributed by atoms with Gasteiger partial charge in [-0.05, 0) is 39.0 Å². The minimum Gasteiger partial charge on any atom is -0.477 e. The Morgan fingerprint density at radius 2 is 2.00 bits per heavy atom. The van der Waals surface area contributed by atoms with Crippen LogP contribution in [0, 0.1) is 0 Å². The highest BCUT2D eigenvalue weighted by molar-refractivity contribution is 5.87. The summed E-state index contributed by atoms with van der Waals surface area (Å²) in [4.78, 5) is 40.3. The summed E-state index contributed by atoms with van der Waals surface area (Å²) in [5, 5.41) is 9.24. The van der Waals surface area contributed by atoms with E-state index in [0.29, 0.717) is 11.2 Å². The van der Waals surface area contributed by atoms with Gasteiger partial charge in [-0.1, -0.05) is 0 Å². The van der Waals surface area contributed by atoms with Gasteiger partial charge in [0.15, 0.2) is 0 Å². The lowest BCUT2D eigenvalue weighted by Gasteiger charge is -2.11.